The molecule has 2 rings (SSSR count). The van der Waals surface area contributed by atoms with Crippen molar-refractivity contribution in [1.82, 2.24) is 14.2 Å². The molecule has 1 aliphatic heterocycles. The van der Waals surface area contributed by atoms with Crippen LogP contribution in [0.2, 0.25) is 0 Å². The Balaban J connectivity index is 2.29. The molecule has 118 valence electrons. The van der Waals surface area contributed by atoms with Crippen LogP contribution in [0.15, 0.2) is 0 Å². The molecule has 0 N–H and O–H groups in total. The first-order valence-corrected chi connectivity index (χ1v) is 8.54. The summed E-state index contributed by atoms with van der Waals surface area (Å²) in [5, 5.41) is 1.05. The van der Waals surface area contributed by atoms with Gasteiger partial charge in [-0.1, -0.05) is 26.7 Å². The average Bonchev–Trinajstić information content (AvgIpc) is 2.84. The summed E-state index contributed by atoms with van der Waals surface area (Å²) >= 11 is 1.48. The molecule has 21 heavy (non-hydrogen) atoms. The van der Waals surface area contributed by atoms with Crippen molar-refractivity contribution in [1.29, 1.82) is 0 Å². The van der Waals surface area contributed by atoms with E-state index in [1.807, 2.05) is 19.0 Å². The Hall–Kier alpha value is -1.14. The topological polar surface area (TPSA) is 39.7 Å². The number of anilines is 1. The maximum Gasteiger partial charge on any atom is 0.327 e. The van der Waals surface area contributed by atoms with Gasteiger partial charge in [-0.05, 0) is 37.8 Å². The van der Waals surface area contributed by atoms with Crippen LogP contribution in [-0.4, -0.2) is 47.6 Å². The Morgan fingerprint density at radius 1 is 1.14 bits per heavy atom. The van der Waals surface area contributed by atoms with Crippen molar-refractivity contribution in [2.24, 2.45) is 0 Å². The third kappa shape index (κ3) is 3.55. The van der Waals surface area contributed by atoms with Gasteiger partial charge in [0.05, 0.1) is 19.0 Å². The molecule has 0 spiro atoms. The summed E-state index contributed by atoms with van der Waals surface area (Å²) in [6.45, 7) is 5.71. The van der Waals surface area contributed by atoms with Crippen LogP contribution in [0.1, 0.15) is 44.4 Å². The summed E-state index contributed by atoms with van der Waals surface area (Å²) in [5.41, 5.74) is 2.48. The minimum Gasteiger partial charge on any atom is -0.314 e. The van der Waals surface area contributed by atoms with E-state index < -0.39 is 0 Å². The zero-order chi connectivity index (χ0) is 15.4. The smallest absolute Gasteiger partial charge is 0.314 e. The summed E-state index contributed by atoms with van der Waals surface area (Å²) in [6, 6.07) is 0.0798. The molecule has 0 bridgehead atoms. The highest BCUT2D eigenvalue weighted by atomic mass is 32.1. The summed E-state index contributed by atoms with van der Waals surface area (Å²) in [5.74, 6) is 0. The number of carbonyl (C=O) groups excluding carboxylic acids is 1. The van der Waals surface area contributed by atoms with Crippen LogP contribution in [0.5, 0.6) is 0 Å². The van der Waals surface area contributed by atoms with Crippen molar-refractivity contribution >= 4 is 22.6 Å². The van der Waals surface area contributed by atoms with Gasteiger partial charge >= 0.3 is 6.03 Å². The number of aromatic nitrogens is 1. The van der Waals surface area contributed by atoms with E-state index in [9.17, 15) is 4.79 Å². The second kappa shape index (κ2) is 7.22. The fourth-order valence-corrected chi connectivity index (χ4v) is 3.68. The summed E-state index contributed by atoms with van der Waals surface area (Å²) in [6.07, 6.45) is 5.44. The molecule has 1 aliphatic rings. The first-order chi connectivity index (χ1) is 10.1. The van der Waals surface area contributed by atoms with Crippen molar-refractivity contribution < 1.29 is 4.79 Å². The largest absolute Gasteiger partial charge is 0.327 e. The van der Waals surface area contributed by atoms with Gasteiger partial charge in [0.2, 0.25) is 0 Å². The molecule has 1 saturated heterocycles. The molecule has 1 aromatic heterocycles. The van der Waals surface area contributed by atoms with Gasteiger partial charge in [-0.3, -0.25) is 9.80 Å². The average molecular weight is 310 g/mol. The lowest BCUT2D eigenvalue weighted by Gasteiger charge is -2.38. The van der Waals surface area contributed by atoms with Crippen molar-refractivity contribution in [3.05, 3.63) is 11.3 Å². The van der Waals surface area contributed by atoms with Crippen LogP contribution in [0.25, 0.3) is 0 Å². The number of urea groups is 1. The van der Waals surface area contributed by atoms with E-state index in [0.29, 0.717) is 13.3 Å². The van der Waals surface area contributed by atoms with E-state index in [4.69, 9.17) is 0 Å². The Morgan fingerprint density at radius 2 is 1.90 bits per heavy atom. The maximum atomic E-state index is 12.5. The lowest BCUT2D eigenvalue weighted by Crippen LogP contribution is -2.55. The molecule has 0 aromatic carbocycles. The molecule has 6 heteroatoms. The quantitative estimate of drug-likeness (QED) is 0.810. The van der Waals surface area contributed by atoms with Gasteiger partial charge in [0.1, 0.15) is 5.00 Å². The summed E-state index contributed by atoms with van der Waals surface area (Å²) in [7, 11) is 3.89. The number of hydrogen-bond acceptors (Lipinski definition) is 4. The van der Waals surface area contributed by atoms with Crippen LogP contribution in [0.4, 0.5) is 9.80 Å². The Kier molecular flexibility index (Phi) is 5.58. The van der Waals surface area contributed by atoms with Crippen LogP contribution in [0.3, 0.4) is 0 Å². The summed E-state index contributed by atoms with van der Waals surface area (Å²) < 4.78 is 4.64. The SMILES string of the molecule is CCCCc1nsc(N2CN(C)CN(C)C2=O)c1CCC. The Labute approximate surface area is 131 Å². The van der Waals surface area contributed by atoms with E-state index in [1.165, 1.54) is 29.2 Å². The third-order valence-corrected chi connectivity index (χ3v) is 4.71. The zero-order valence-corrected chi connectivity index (χ0v) is 14.4. The molecular weight excluding hydrogens is 284 g/mol. The first-order valence-electron chi connectivity index (χ1n) is 7.77. The second-order valence-corrected chi connectivity index (χ2v) is 6.57. The van der Waals surface area contributed by atoms with E-state index in [0.717, 1.165) is 30.7 Å². The van der Waals surface area contributed by atoms with Gasteiger partial charge in [0.25, 0.3) is 0 Å². The molecule has 0 atom stereocenters. The van der Waals surface area contributed by atoms with Gasteiger partial charge in [0.15, 0.2) is 0 Å². The van der Waals surface area contributed by atoms with Crippen molar-refractivity contribution in [3.63, 3.8) is 0 Å². The molecule has 0 saturated carbocycles. The number of carbonyl (C=O) groups is 1. The molecule has 1 aromatic rings. The molecule has 0 radical (unpaired) electrons. The lowest BCUT2D eigenvalue weighted by atomic mass is 10.1. The molecule has 0 unspecified atom stereocenters. The number of nitrogens with zero attached hydrogens (tertiary/aromatic N) is 4. The monoisotopic (exact) mass is 310 g/mol. The van der Waals surface area contributed by atoms with Crippen LogP contribution < -0.4 is 4.90 Å². The van der Waals surface area contributed by atoms with Crippen LogP contribution >= 0.6 is 11.5 Å². The van der Waals surface area contributed by atoms with Gasteiger partial charge in [-0.2, -0.15) is 4.37 Å². The normalized spacial score (nSPS) is 16.9. The molecule has 1 fully saturated rings. The van der Waals surface area contributed by atoms with E-state index in [1.54, 1.807) is 4.90 Å². The fraction of sp³-hybridized carbons (Fsp3) is 0.733. The molecule has 2 amide bonds. The highest BCUT2D eigenvalue weighted by Crippen LogP contribution is 2.32. The number of hydrogen-bond donors (Lipinski definition) is 0. The van der Waals surface area contributed by atoms with Crippen LogP contribution in [0, 0.1) is 0 Å². The predicted molar refractivity (Wildman–Crippen MR) is 87.9 cm³/mol. The fourth-order valence-electron chi connectivity index (χ4n) is 2.71. The molecule has 2 heterocycles. The van der Waals surface area contributed by atoms with E-state index in [-0.39, 0.29) is 6.03 Å². The van der Waals surface area contributed by atoms with Gasteiger partial charge in [-0.15, -0.1) is 0 Å². The van der Waals surface area contributed by atoms with Crippen molar-refractivity contribution in [3.8, 4) is 0 Å². The number of amides is 2. The highest BCUT2D eigenvalue weighted by molar-refractivity contribution is 7.10. The van der Waals surface area contributed by atoms with Gasteiger partial charge in [-0.25, -0.2) is 4.79 Å². The number of rotatable bonds is 6. The predicted octanol–water partition coefficient (Wildman–Crippen LogP) is 3.16. The molecule has 5 nitrogen and oxygen atoms in total. The maximum absolute atomic E-state index is 12.5. The van der Waals surface area contributed by atoms with E-state index >= 15 is 0 Å². The standard InChI is InChI=1S/C15H26N4OS/c1-5-7-9-13-12(8-6-2)14(21-16-13)19-11-17(3)10-18(4)15(19)20/h5-11H2,1-4H3. The Bertz CT molecular complexity index is 488. The van der Waals surface area contributed by atoms with Crippen molar-refractivity contribution in [2.45, 2.75) is 46.0 Å². The van der Waals surface area contributed by atoms with Crippen LogP contribution in [-0.2, 0) is 12.8 Å². The summed E-state index contributed by atoms with van der Waals surface area (Å²) in [4.78, 5) is 18.2. The number of aryl methyl sites for hydroxylation is 1. The zero-order valence-electron chi connectivity index (χ0n) is 13.6. The third-order valence-electron chi connectivity index (χ3n) is 3.75. The second-order valence-electron chi connectivity index (χ2n) is 5.81. The molecular formula is C15H26N4OS. The lowest BCUT2D eigenvalue weighted by molar-refractivity contribution is 0.149. The highest BCUT2D eigenvalue weighted by Gasteiger charge is 2.30. The minimum absolute atomic E-state index is 0.0798. The van der Waals surface area contributed by atoms with Gasteiger partial charge in [0, 0.05) is 12.6 Å². The van der Waals surface area contributed by atoms with Crippen molar-refractivity contribution in [2.75, 3.05) is 32.3 Å². The first kappa shape index (κ1) is 16.2. The molecule has 0 aliphatic carbocycles. The minimum atomic E-state index is 0.0798. The number of unbranched alkanes of at least 4 members (excludes halogenated alkanes) is 1. The van der Waals surface area contributed by atoms with Gasteiger partial charge < -0.3 is 4.90 Å². The van der Waals surface area contributed by atoms with E-state index in [2.05, 4.69) is 23.1 Å². The Morgan fingerprint density at radius 3 is 2.57 bits per heavy atom.